The first-order valence-corrected chi connectivity index (χ1v) is 9.83. The highest BCUT2D eigenvalue weighted by atomic mass is 79.9. The molecule has 0 fully saturated rings. The predicted octanol–water partition coefficient (Wildman–Crippen LogP) is 6.47. The number of halogens is 2. The molecule has 0 unspecified atom stereocenters. The first kappa shape index (κ1) is 18.1. The Hall–Kier alpha value is -2.30. The van der Waals surface area contributed by atoms with Crippen LogP contribution in [0.3, 0.4) is 0 Å². The number of benzene rings is 3. The first-order valence-electron chi connectivity index (χ1n) is 8.66. The van der Waals surface area contributed by atoms with Crippen LogP contribution in [0.5, 0.6) is 5.75 Å². The topological polar surface area (TPSA) is 24.8 Å². The Labute approximate surface area is 172 Å². The molecule has 27 heavy (non-hydrogen) atoms. The summed E-state index contributed by atoms with van der Waals surface area (Å²) in [6, 6.07) is 24.4. The zero-order valence-corrected chi connectivity index (χ0v) is 17.1. The molecule has 0 bridgehead atoms. The minimum absolute atomic E-state index is 0.119. The van der Waals surface area contributed by atoms with Gasteiger partial charge in [-0.15, -0.1) is 0 Å². The van der Waals surface area contributed by atoms with Crippen molar-refractivity contribution in [1.29, 1.82) is 0 Å². The Balaban J connectivity index is 1.73. The summed E-state index contributed by atoms with van der Waals surface area (Å²) in [5.74, 6) is 0.841. The molecule has 136 valence electrons. The molecule has 0 aliphatic carbocycles. The van der Waals surface area contributed by atoms with Crippen LogP contribution in [0, 0.1) is 0 Å². The van der Waals surface area contributed by atoms with Crippen LogP contribution in [0.4, 0.5) is 5.69 Å². The average Bonchev–Trinajstić information content (AvgIpc) is 3.14. The van der Waals surface area contributed by atoms with E-state index < -0.39 is 0 Å². The quantitative estimate of drug-likeness (QED) is 0.464. The minimum atomic E-state index is 0.119. The second-order valence-corrected chi connectivity index (χ2v) is 7.72. The molecule has 0 amide bonds. The summed E-state index contributed by atoms with van der Waals surface area (Å²) >= 11 is 9.74. The summed E-state index contributed by atoms with van der Waals surface area (Å²) in [5.41, 5.74) is 4.34. The van der Waals surface area contributed by atoms with E-state index in [2.05, 4.69) is 57.3 Å². The molecule has 1 heterocycles. The van der Waals surface area contributed by atoms with Crippen LogP contribution >= 0.6 is 27.5 Å². The van der Waals surface area contributed by atoms with Crippen molar-refractivity contribution in [3.05, 3.63) is 93.4 Å². The highest BCUT2D eigenvalue weighted by Crippen LogP contribution is 2.37. The summed E-state index contributed by atoms with van der Waals surface area (Å²) in [6.07, 6.45) is 0.820. The maximum atomic E-state index is 6.23. The van der Waals surface area contributed by atoms with E-state index in [1.165, 1.54) is 5.56 Å². The van der Waals surface area contributed by atoms with E-state index >= 15 is 0 Å². The molecule has 3 aromatic carbocycles. The van der Waals surface area contributed by atoms with Gasteiger partial charge in [0.15, 0.2) is 0 Å². The van der Waals surface area contributed by atoms with Crippen molar-refractivity contribution < 1.29 is 4.74 Å². The number of methoxy groups -OCH3 is 1. The van der Waals surface area contributed by atoms with Gasteiger partial charge in [0.2, 0.25) is 0 Å². The molecule has 0 radical (unpaired) electrons. The Morgan fingerprint density at radius 1 is 1.04 bits per heavy atom. The van der Waals surface area contributed by atoms with Gasteiger partial charge in [-0.25, -0.2) is 0 Å². The van der Waals surface area contributed by atoms with Crippen LogP contribution in [-0.2, 0) is 0 Å². The second-order valence-electron chi connectivity index (χ2n) is 6.37. The Kier molecular flexibility index (Phi) is 5.19. The molecule has 0 N–H and O–H groups in total. The number of rotatable bonds is 4. The fraction of sp³-hybridized carbons (Fsp3) is 0.136. The Morgan fingerprint density at radius 3 is 2.44 bits per heavy atom. The molecular weight excluding hydrogens is 424 g/mol. The van der Waals surface area contributed by atoms with Crippen LogP contribution in [0.1, 0.15) is 23.6 Å². The molecular formula is C22H18BrClN2O. The standard InChI is InChI=1S/C22H18BrClN2O/c1-27-20-11-7-15(8-12-20)21-14-22(16-5-9-17(23)10-6-16)26(25-21)19-4-2-3-18(24)13-19/h2-13,22H,14H2,1H3/t22-/m0/s1. The maximum Gasteiger partial charge on any atom is 0.118 e. The zero-order chi connectivity index (χ0) is 18.8. The van der Waals surface area contributed by atoms with Gasteiger partial charge in [-0.3, -0.25) is 5.01 Å². The van der Waals surface area contributed by atoms with Crippen molar-refractivity contribution in [1.82, 2.24) is 0 Å². The van der Waals surface area contributed by atoms with E-state index in [0.29, 0.717) is 5.02 Å². The normalized spacial score (nSPS) is 16.3. The van der Waals surface area contributed by atoms with Gasteiger partial charge in [-0.2, -0.15) is 5.10 Å². The van der Waals surface area contributed by atoms with Gasteiger partial charge >= 0.3 is 0 Å². The number of hydrogen-bond donors (Lipinski definition) is 0. The van der Waals surface area contributed by atoms with Crippen LogP contribution in [0.25, 0.3) is 0 Å². The zero-order valence-electron chi connectivity index (χ0n) is 14.8. The lowest BCUT2D eigenvalue weighted by atomic mass is 9.98. The van der Waals surface area contributed by atoms with E-state index in [0.717, 1.165) is 33.6 Å². The SMILES string of the molecule is COc1ccc(C2=NN(c3cccc(Cl)c3)[C@H](c3ccc(Br)cc3)C2)cc1. The smallest absolute Gasteiger partial charge is 0.118 e. The van der Waals surface area contributed by atoms with E-state index in [4.69, 9.17) is 21.4 Å². The fourth-order valence-electron chi connectivity index (χ4n) is 3.27. The Bertz CT molecular complexity index is 970. The van der Waals surface area contributed by atoms with Gasteiger partial charge < -0.3 is 4.74 Å². The largest absolute Gasteiger partial charge is 0.497 e. The third-order valence-corrected chi connectivity index (χ3v) is 5.42. The number of hydrazone groups is 1. The molecule has 5 heteroatoms. The van der Waals surface area contributed by atoms with Crippen molar-refractivity contribution in [3.63, 3.8) is 0 Å². The molecule has 1 aliphatic rings. The summed E-state index contributed by atoms with van der Waals surface area (Å²) in [4.78, 5) is 0. The van der Waals surface area contributed by atoms with Gasteiger partial charge in [-0.05, 0) is 65.7 Å². The third kappa shape index (κ3) is 3.87. The van der Waals surface area contributed by atoms with E-state index in [9.17, 15) is 0 Å². The lowest BCUT2D eigenvalue weighted by Gasteiger charge is -2.24. The predicted molar refractivity (Wildman–Crippen MR) is 115 cm³/mol. The lowest BCUT2D eigenvalue weighted by Crippen LogP contribution is -2.18. The van der Waals surface area contributed by atoms with E-state index in [1.54, 1.807) is 7.11 Å². The third-order valence-electron chi connectivity index (χ3n) is 4.66. The lowest BCUT2D eigenvalue weighted by molar-refractivity contribution is 0.415. The maximum absolute atomic E-state index is 6.23. The summed E-state index contributed by atoms with van der Waals surface area (Å²) in [7, 11) is 1.67. The highest BCUT2D eigenvalue weighted by molar-refractivity contribution is 9.10. The number of hydrogen-bond acceptors (Lipinski definition) is 3. The second kappa shape index (κ2) is 7.75. The van der Waals surface area contributed by atoms with Gasteiger partial charge in [0.1, 0.15) is 5.75 Å². The molecule has 0 aromatic heterocycles. The fourth-order valence-corrected chi connectivity index (χ4v) is 3.72. The van der Waals surface area contributed by atoms with Crippen molar-refractivity contribution >= 4 is 38.9 Å². The summed E-state index contributed by atoms with van der Waals surface area (Å²) < 4.78 is 6.33. The van der Waals surface area contributed by atoms with E-state index in [1.807, 2.05) is 36.4 Å². The number of anilines is 1. The van der Waals surface area contributed by atoms with Crippen LogP contribution in [-0.4, -0.2) is 12.8 Å². The highest BCUT2D eigenvalue weighted by Gasteiger charge is 2.30. The molecule has 0 saturated heterocycles. The van der Waals surface area contributed by atoms with Gasteiger partial charge in [0.05, 0.1) is 24.6 Å². The van der Waals surface area contributed by atoms with Crippen molar-refractivity contribution in [2.24, 2.45) is 5.10 Å². The minimum Gasteiger partial charge on any atom is -0.497 e. The monoisotopic (exact) mass is 440 g/mol. The molecule has 1 atom stereocenters. The molecule has 1 aliphatic heterocycles. The van der Waals surface area contributed by atoms with Crippen LogP contribution in [0.2, 0.25) is 5.02 Å². The van der Waals surface area contributed by atoms with Crippen LogP contribution < -0.4 is 9.75 Å². The Morgan fingerprint density at radius 2 is 1.78 bits per heavy atom. The molecule has 0 spiro atoms. The number of ether oxygens (including phenoxy) is 1. The molecule has 0 saturated carbocycles. The molecule has 3 nitrogen and oxygen atoms in total. The van der Waals surface area contributed by atoms with E-state index in [-0.39, 0.29) is 6.04 Å². The average molecular weight is 442 g/mol. The number of nitrogens with zero attached hydrogens (tertiary/aromatic N) is 2. The summed E-state index contributed by atoms with van der Waals surface area (Å²) in [5, 5.41) is 7.71. The van der Waals surface area contributed by atoms with Gasteiger partial charge in [0.25, 0.3) is 0 Å². The van der Waals surface area contributed by atoms with Gasteiger partial charge in [0, 0.05) is 15.9 Å². The molecule has 3 aromatic rings. The van der Waals surface area contributed by atoms with Crippen LogP contribution in [0.15, 0.2) is 82.4 Å². The first-order chi connectivity index (χ1) is 13.1. The van der Waals surface area contributed by atoms with Crippen molar-refractivity contribution in [2.75, 3.05) is 12.1 Å². The molecule has 4 rings (SSSR count). The van der Waals surface area contributed by atoms with Gasteiger partial charge in [-0.1, -0.05) is 45.7 Å². The summed E-state index contributed by atoms with van der Waals surface area (Å²) in [6.45, 7) is 0. The van der Waals surface area contributed by atoms with Crippen molar-refractivity contribution in [3.8, 4) is 5.75 Å². The van der Waals surface area contributed by atoms with Crippen molar-refractivity contribution in [2.45, 2.75) is 12.5 Å².